The molecule has 0 bridgehead atoms. The van der Waals surface area contributed by atoms with Gasteiger partial charge in [-0.1, -0.05) is 11.8 Å². The fraction of sp³-hybridized carbons (Fsp3) is 0.818. The predicted molar refractivity (Wildman–Crippen MR) is 68.5 cm³/mol. The molecule has 3 heterocycles. The maximum atomic E-state index is 10.8. The minimum atomic E-state index is -0.952. The number of carbonyl (C=O) groups is 1. The number of carboxylic acid groups (broad SMARTS) is 1. The van der Waals surface area contributed by atoms with Gasteiger partial charge < -0.3 is 14.6 Å². The molecule has 2 aliphatic heterocycles. The first kappa shape index (κ1) is 13.8. The Labute approximate surface area is 119 Å². The van der Waals surface area contributed by atoms with Crippen molar-refractivity contribution in [3.63, 3.8) is 0 Å². The van der Waals surface area contributed by atoms with E-state index in [1.807, 2.05) is 0 Å². The minimum Gasteiger partial charge on any atom is -0.480 e. The van der Waals surface area contributed by atoms with Gasteiger partial charge >= 0.3 is 5.97 Å². The van der Waals surface area contributed by atoms with Gasteiger partial charge in [-0.15, -0.1) is 5.10 Å². The molecule has 8 nitrogen and oxygen atoms in total. The number of aliphatic carboxylic acids is 1. The molecule has 110 valence electrons. The van der Waals surface area contributed by atoms with E-state index < -0.39 is 5.97 Å². The normalized spacial score (nSPS) is 29.9. The zero-order valence-electron chi connectivity index (χ0n) is 10.9. The standard InChI is InChI=1S/C11H16N4O4S/c16-9(17)6-15-10(12-13-14-15)20-8-1-3-19-11(5-8)2-4-18-7-11/h8H,1-7H2,(H,16,17). The van der Waals surface area contributed by atoms with Crippen molar-refractivity contribution in [2.24, 2.45) is 0 Å². The van der Waals surface area contributed by atoms with Gasteiger partial charge in [-0.3, -0.25) is 4.79 Å². The van der Waals surface area contributed by atoms with E-state index in [1.54, 1.807) is 0 Å². The van der Waals surface area contributed by atoms with Crippen molar-refractivity contribution in [3.05, 3.63) is 0 Å². The lowest BCUT2D eigenvalue weighted by atomic mass is 9.93. The Morgan fingerprint density at radius 2 is 2.45 bits per heavy atom. The summed E-state index contributed by atoms with van der Waals surface area (Å²) in [5, 5.41) is 20.9. The highest BCUT2D eigenvalue weighted by molar-refractivity contribution is 7.99. The van der Waals surface area contributed by atoms with E-state index in [-0.39, 0.29) is 12.1 Å². The maximum absolute atomic E-state index is 10.8. The number of aromatic nitrogens is 4. The van der Waals surface area contributed by atoms with Gasteiger partial charge in [-0.2, -0.15) is 0 Å². The number of rotatable bonds is 4. The summed E-state index contributed by atoms with van der Waals surface area (Å²) >= 11 is 1.53. The first-order chi connectivity index (χ1) is 9.67. The lowest BCUT2D eigenvalue weighted by molar-refractivity contribution is -0.138. The average molecular weight is 300 g/mol. The Hall–Kier alpha value is -1.19. The maximum Gasteiger partial charge on any atom is 0.325 e. The fourth-order valence-corrected chi connectivity index (χ4v) is 3.81. The van der Waals surface area contributed by atoms with Crippen molar-refractivity contribution in [1.29, 1.82) is 0 Å². The first-order valence-corrected chi connectivity index (χ1v) is 7.41. The number of nitrogens with zero attached hydrogens (tertiary/aromatic N) is 4. The number of carboxylic acids is 1. The molecule has 1 aromatic heterocycles. The van der Waals surface area contributed by atoms with Gasteiger partial charge in [0, 0.05) is 24.9 Å². The summed E-state index contributed by atoms with van der Waals surface area (Å²) in [5.74, 6) is -0.952. The van der Waals surface area contributed by atoms with E-state index in [9.17, 15) is 4.79 Å². The van der Waals surface area contributed by atoms with Gasteiger partial charge in [0.05, 0.1) is 12.2 Å². The number of ether oxygens (including phenoxy) is 2. The summed E-state index contributed by atoms with van der Waals surface area (Å²) in [6.45, 7) is 1.87. The van der Waals surface area contributed by atoms with Crippen LogP contribution < -0.4 is 0 Å². The van der Waals surface area contributed by atoms with Crippen LogP contribution in [0.1, 0.15) is 19.3 Å². The molecule has 0 radical (unpaired) electrons. The summed E-state index contributed by atoms with van der Waals surface area (Å²) in [5.41, 5.74) is -0.166. The van der Waals surface area contributed by atoms with Crippen molar-refractivity contribution < 1.29 is 19.4 Å². The second kappa shape index (κ2) is 5.66. The van der Waals surface area contributed by atoms with E-state index in [0.717, 1.165) is 25.9 Å². The molecule has 2 atom stereocenters. The molecular weight excluding hydrogens is 284 g/mol. The van der Waals surface area contributed by atoms with Gasteiger partial charge in [0.1, 0.15) is 6.54 Å². The van der Waals surface area contributed by atoms with Gasteiger partial charge in [0.25, 0.3) is 0 Å². The lowest BCUT2D eigenvalue weighted by Crippen LogP contribution is -2.41. The molecule has 2 unspecified atom stereocenters. The van der Waals surface area contributed by atoms with Crippen LogP contribution in [-0.2, 0) is 20.8 Å². The molecule has 2 saturated heterocycles. The van der Waals surface area contributed by atoms with Crippen molar-refractivity contribution in [3.8, 4) is 0 Å². The summed E-state index contributed by atoms with van der Waals surface area (Å²) in [7, 11) is 0. The second-order valence-corrected chi connectivity index (χ2v) is 6.35. The van der Waals surface area contributed by atoms with Crippen molar-refractivity contribution in [1.82, 2.24) is 20.2 Å². The van der Waals surface area contributed by atoms with Gasteiger partial charge in [0.2, 0.25) is 5.16 Å². The Balaban J connectivity index is 1.65. The third kappa shape index (κ3) is 2.94. The smallest absolute Gasteiger partial charge is 0.325 e. The molecule has 1 N–H and O–H groups in total. The van der Waals surface area contributed by atoms with Gasteiger partial charge in [-0.25, -0.2) is 4.68 Å². The number of hydrogen-bond donors (Lipinski definition) is 1. The molecule has 9 heteroatoms. The van der Waals surface area contributed by atoms with Crippen LogP contribution in [0.25, 0.3) is 0 Å². The molecule has 2 fully saturated rings. The molecule has 0 aliphatic carbocycles. The molecule has 2 aliphatic rings. The third-order valence-corrected chi connectivity index (χ3v) is 4.81. The molecule has 0 amide bonds. The molecule has 3 rings (SSSR count). The highest BCUT2D eigenvalue weighted by Crippen LogP contribution is 2.39. The monoisotopic (exact) mass is 300 g/mol. The Morgan fingerprint density at radius 3 is 3.20 bits per heavy atom. The summed E-state index contributed by atoms with van der Waals surface area (Å²) in [6, 6.07) is 0. The largest absolute Gasteiger partial charge is 0.480 e. The van der Waals surface area contributed by atoms with E-state index in [2.05, 4.69) is 15.5 Å². The average Bonchev–Trinajstić information content (AvgIpc) is 3.00. The molecule has 1 spiro atoms. The summed E-state index contributed by atoms with van der Waals surface area (Å²) < 4.78 is 12.6. The Morgan fingerprint density at radius 1 is 1.55 bits per heavy atom. The molecule has 20 heavy (non-hydrogen) atoms. The van der Waals surface area contributed by atoms with Crippen molar-refractivity contribution >= 4 is 17.7 Å². The highest BCUT2D eigenvalue weighted by Gasteiger charge is 2.41. The molecule has 0 aromatic carbocycles. The topological polar surface area (TPSA) is 99.4 Å². The lowest BCUT2D eigenvalue weighted by Gasteiger charge is -2.36. The van der Waals surface area contributed by atoms with E-state index in [0.29, 0.717) is 23.6 Å². The zero-order chi connectivity index (χ0) is 14.0. The van der Waals surface area contributed by atoms with Crippen LogP contribution in [0.15, 0.2) is 5.16 Å². The summed E-state index contributed by atoms with van der Waals surface area (Å²) in [6.07, 6.45) is 2.72. The molecule has 1 aromatic rings. The SMILES string of the molecule is O=C(O)Cn1nnnc1SC1CCOC2(CCOC2)C1. The van der Waals surface area contributed by atoms with Gasteiger partial charge in [0.15, 0.2) is 0 Å². The van der Waals surface area contributed by atoms with Crippen LogP contribution in [0.5, 0.6) is 0 Å². The quantitative estimate of drug-likeness (QED) is 0.841. The molecular formula is C11H16N4O4S. The first-order valence-electron chi connectivity index (χ1n) is 6.53. The van der Waals surface area contributed by atoms with Crippen molar-refractivity contribution in [2.45, 2.75) is 41.8 Å². The molecule has 0 saturated carbocycles. The van der Waals surface area contributed by atoms with Crippen molar-refractivity contribution in [2.75, 3.05) is 19.8 Å². The summed E-state index contributed by atoms with van der Waals surface area (Å²) in [4.78, 5) is 10.8. The van der Waals surface area contributed by atoms with E-state index >= 15 is 0 Å². The fourth-order valence-electron chi connectivity index (χ4n) is 2.60. The number of hydrogen-bond acceptors (Lipinski definition) is 7. The van der Waals surface area contributed by atoms with Crippen LogP contribution in [0.4, 0.5) is 0 Å². The van der Waals surface area contributed by atoms with E-state index in [4.69, 9.17) is 14.6 Å². The Bertz CT molecular complexity index is 489. The highest BCUT2D eigenvalue weighted by atomic mass is 32.2. The minimum absolute atomic E-state index is 0.166. The Kier molecular flexibility index (Phi) is 3.90. The number of tetrazole rings is 1. The van der Waals surface area contributed by atoms with Crippen LogP contribution in [0, 0.1) is 0 Å². The number of thioether (sulfide) groups is 1. The van der Waals surface area contributed by atoms with Crippen LogP contribution in [-0.4, -0.2) is 62.0 Å². The van der Waals surface area contributed by atoms with Gasteiger partial charge in [-0.05, 0) is 23.3 Å². The zero-order valence-corrected chi connectivity index (χ0v) is 11.7. The van der Waals surface area contributed by atoms with E-state index in [1.165, 1.54) is 16.4 Å². The predicted octanol–water partition coefficient (Wildman–Crippen LogP) is 0.188. The van der Waals surface area contributed by atoms with Crippen LogP contribution in [0.3, 0.4) is 0 Å². The second-order valence-electron chi connectivity index (χ2n) is 5.08. The van der Waals surface area contributed by atoms with Crippen LogP contribution in [0.2, 0.25) is 0 Å². The van der Waals surface area contributed by atoms with Crippen LogP contribution >= 0.6 is 11.8 Å². The third-order valence-electron chi connectivity index (χ3n) is 3.57.